The average molecular weight is 395 g/mol. The van der Waals surface area contributed by atoms with Crippen LogP contribution in [0.5, 0.6) is 5.75 Å². The molecule has 29 heavy (non-hydrogen) atoms. The van der Waals surface area contributed by atoms with Gasteiger partial charge in [-0.2, -0.15) is 5.26 Å². The summed E-state index contributed by atoms with van der Waals surface area (Å²) in [6, 6.07) is 12.5. The van der Waals surface area contributed by atoms with Gasteiger partial charge in [-0.3, -0.25) is 0 Å². The molecule has 0 spiro atoms. The molecular weight excluding hydrogens is 364 g/mol. The minimum atomic E-state index is 0.141. The van der Waals surface area contributed by atoms with E-state index >= 15 is 0 Å². The largest absolute Gasteiger partial charge is 0.492 e. The van der Waals surface area contributed by atoms with Crippen LogP contribution < -0.4 is 15.8 Å². The molecule has 1 aliphatic rings. The third kappa shape index (κ3) is 6.18. The fourth-order valence-electron chi connectivity index (χ4n) is 3.60. The number of hydrogen-bond donors (Lipinski definition) is 2. The van der Waals surface area contributed by atoms with E-state index in [1.807, 2.05) is 37.3 Å². The smallest absolute Gasteiger partial charge is 0.137 e. The number of rotatable bonds is 8. The first-order valence-electron chi connectivity index (χ1n) is 10.3. The van der Waals surface area contributed by atoms with Crippen LogP contribution in [-0.2, 0) is 4.74 Å². The lowest BCUT2D eigenvalue weighted by Gasteiger charge is -2.23. The van der Waals surface area contributed by atoms with Gasteiger partial charge in [-0.15, -0.1) is 0 Å². The first-order valence-corrected chi connectivity index (χ1v) is 10.3. The van der Waals surface area contributed by atoms with Gasteiger partial charge in [0.25, 0.3) is 0 Å². The number of ether oxygens (including phenoxy) is 2. The van der Waals surface area contributed by atoms with E-state index in [-0.39, 0.29) is 6.04 Å². The van der Waals surface area contributed by atoms with E-state index in [0.29, 0.717) is 29.9 Å². The third-order valence-electron chi connectivity index (χ3n) is 5.06. The first kappa shape index (κ1) is 21.1. The summed E-state index contributed by atoms with van der Waals surface area (Å²) in [5.41, 5.74) is 8.37. The number of aromatic nitrogens is 1. The number of nitrogens with two attached hydrogens (primary N) is 1. The van der Waals surface area contributed by atoms with Crippen molar-refractivity contribution >= 4 is 5.82 Å². The monoisotopic (exact) mass is 394 g/mol. The summed E-state index contributed by atoms with van der Waals surface area (Å²) < 4.78 is 11.3. The Bertz CT molecular complexity index is 841. The highest BCUT2D eigenvalue weighted by Crippen LogP contribution is 2.28. The van der Waals surface area contributed by atoms with Crippen LogP contribution in [0.4, 0.5) is 5.82 Å². The summed E-state index contributed by atoms with van der Waals surface area (Å²) in [7, 11) is 0. The molecule has 1 saturated heterocycles. The maximum absolute atomic E-state index is 9.58. The van der Waals surface area contributed by atoms with Gasteiger partial charge in [0, 0.05) is 31.5 Å². The molecule has 1 aliphatic heterocycles. The van der Waals surface area contributed by atoms with Crippen molar-refractivity contribution in [2.75, 3.05) is 25.1 Å². The standard InChI is InChI=1S/C23H30N4O2/c1-16(11-17(2)25)15-29-22-4-3-18(12-20(22)14-24)19-5-8-26-23(13-19)27-21-6-9-28-10-7-21/h3-5,8,12-13,16-17,21H,6-7,9-11,15,25H2,1-2H3,(H,26,27). The quantitative estimate of drug-likeness (QED) is 0.704. The summed E-state index contributed by atoms with van der Waals surface area (Å²) >= 11 is 0. The Labute approximate surface area is 173 Å². The molecule has 2 atom stereocenters. The summed E-state index contributed by atoms with van der Waals surface area (Å²) in [6.45, 7) is 6.21. The van der Waals surface area contributed by atoms with Crippen molar-refractivity contribution in [3.63, 3.8) is 0 Å². The van der Waals surface area contributed by atoms with Crippen LogP contribution in [0, 0.1) is 17.2 Å². The normalized spacial score (nSPS) is 16.6. The van der Waals surface area contributed by atoms with Crippen LogP contribution in [0.1, 0.15) is 38.7 Å². The van der Waals surface area contributed by atoms with E-state index in [9.17, 15) is 5.26 Å². The molecule has 2 aromatic rings. The molecule has 1 aromatic carbocycles. The highest BCUT2D eigenvalue weighted by atomic mass is 16.5. The zero-order chi connectivity index (χ0) is 20.6. The predicted molar refractivity (Wildman–Crippen MR) is 115 cm³/mol. The number of nitrogens with zero attached hydrogens (tertiary/aromatic N) is 2. The van der Waals surface area contributed by atoms with E-state index in [2.05, 4.69) is 23.3 Å². The molecule has 6 nitrogen and oxygen atoms in total. The Morgan fingerprint density at radius 2 is 2.00 bits per heavy atom. The second kappa shape index (κ2) is 10.2. The third-order valence-corrected chi connectivity index (χ3v) is 5.06. The fraction of sp³-hybridized carbons (Fsp3) is 0.478. The molecule has 0 bridgehead atoms. The molecule has 3 N–H and O–H groups in total. The van der Waals surface area contributed by atoms with Crippen LogP contribution in [0.3, 0.4) is 0 Å². The van der Waals surface area contributed by atoms with E-state index < -0.39 is 0 Å². The van der Waals surface area contributed by atoms with E-state index in [1.165, 1.54) is 0 Å². The number of nitrogens with one attached hydrogen (secondary N) is 1. The van der Waals surface area contributed by atoms with Gasteiger partial charge >= 0.3 is 0 Å². The number of anilines is 1. The summed E-state index contributed by atoms with van der Waals surface area (Å²) in [6.07, 6.45) is 4.65. The van der Waals surface area contributed by atoms with Crippen molar-refractivity contribution in [3.05, 3.63) is 42.1 Å². The summed E-state index contributed by atoms with van der Waals surface area (Å²) in [4.78, 5) is 4.44. The lowest BCUT2D eigenvalue weighted by molar-refractivity contribution is 0.0904. The maximum atomic E-state index is 9.58. The maximum Gasteiger partial charge on any atom is 0.137 e. The molecule has 2 heterocycles. The summed E-state index contributed by atoms with van der Waals surface area (Å²) in [5, 5.41) is 13.1. The van der Waals surface area contributed by atoms with E-state index in [1.54, 1.807) is 6.20 Å². The highest BCUT2D eigenvalue weighted by molar-refractivity contribution is 5.69. The number of nitriles is 1. The molecule has 1 fully saturated rings. The van der Waals surface area contributed by atoms with Gasteiger partial charge in [-0.05, 0) is 67.5 Å². The van der Waals surface area contributed by atoms with Gasteiger partial charge in [0.05, 0.1) is 12.2 Å². The predicted octanol–water partition coefficient (Wildman–Crippen LogP) is 3.96. The van der Waals surface area contributed by atoms with Gasteiger partial charge in [-0.25, -0.2) is 4.98 Å². The van der Waals surface area contributed by atoms with Crippen molar-refractivity contribution in [2.24, 2.45) is 11.7 Å². The molecule has 1 aromatic heterocycles. The Balaban J connectivity index is 1.70. The van der Waals surface area contributed by atoms with Crippen LogP contribution in [0.25, 0.3) is 11.1 Å². The van der Waals surface area contributed by atoms with Crippen LogP contribution in [-0.4, -0.2) is 36.9 Å². The van der Waals surface area contributed by atoms with Crippen molar-refractivity contribution < 1.29 is 9.47 Å². The van der Waals surface area contributed by atoms with Crippen molar-refractivity contribution in [2.45, 2.75) is 45.2 Å². The molecule has 0 amide bonds. The van der Waals surface area contributed by atoms with E-state index in [0.717, 1.165) is 49.4 Å². The van der Waals surface area contributed by atoms with Crippen molar-refractivity contribution in [1.82, 2.24) is 4.98 Å². The lowest BCUT2D eigenvalue weighted by Crippen LogP contribution is -2.28. The zero-order valence-electron chi connectivity index (χ0n) is 17.2. The number of pyridine rings is 1. The van der Waals surface area contributed by atoms with Gasteiger partial charge in [0.2, 0.25) is 0 Å². The summed E-state index contributed by atoms with van der Waals surface area (Å²) in [5.74, 6) is 1.79. The second-order valence-corrected chi connectivity index (χ2v) is 7.91. The minimum Gasteiger partial charge on any atom is -0.492 e. The number of hydrogen-bond acceptors (Lipinski definition) is 6. The van der Waals surface area contributed by atoms with Crippen LogP contribution in [0.15, 0.2) is 36.5 Å². The fourth-order valence-corrected chi connectivity index (χ4v) is 3.60. The van der Waals surface area contributed by atoms with Crippen LogP contribution >= 0.6 is 0 Å². The molecular formula is C23H30N4O2. The second-order valence-electron chi connectivity index (χ2n) is 7.91. The molecule has 0 radical (unpaired) electrons. The number of benzene rings is 1. The molecule has 3 rings (SSSR count). The average Bonchev–Trinajstić information content (AvgIpc) is 2.72. The minimum absolute atomic E-state index is 0.141. The SMILES string of the molecule is CC(N)CC(C)COc1ccc(-c2ccnc(NC3CCOCC3)c2)cc1C#N. The Morgan fingerprint density at radius 3 is 2.72 bits per heavy atom. The van der Waals surface area contributed by atoms with Crippen molar-refractivity contribution in [3.8, 4) is 22.9 Å². The van der Waals surface area contributed by atoms with Gasteiger partial charge in [0.15, 0.2) is 0 Å². The highest BCUT2D eigenvalue weighted by Gasteiger charge is 2.15. The molecule has 2 unspecified atom stereocenters. The van der Waals surface area contributed by atoms with Crippen LogP contribution in [0.2, 0.25) is 0 Å². The lowest BCUT2D eigenvalue weighted by atomic mass is 10.0. The first-order chi connectivity index (χ1) is 14.0. The van der Waals surface area contributed by atoms with Gasteiger partial charge in [-0.1, -0.05) is 13.0 Å². The van der Waals surface area contributed by atoms with Crippen molar-refractivity contribution in [1.29, 1.82) is 5.26 Å². The zero-order valence-corrected chi connectivity index (χ0v) is 17.2. The van der Waals surface area contributed by atoms with Gasteiger partial charge < -0.3 is 20.5 Å². The topological polar surface area (TPSA) is 93.2 Å². The molecule has 6 heteroatoms. The van der Waals surface area contributed by atoms with Gasteiger partial charge in [0.1, 0.15) is 17.6 Å². The van der Waals surface area contributed by atoms with E-state index in [4.69, 9.17) is 15.2 Å². The molecule has 0 saturated carbocycles. The Hall–Kier alpha value is -2.62. The Kier molecular flexibility index (Phi) is 7.45. The molecule has 154 valence electrons. The molecule has 0 aliphatic carbocycles. The Morgan fingerprint density at radius 1 is 1.24 bits per heavy atom.